The summed E-state index contributed by atoms with van der Waals surface area (Å²) in [5.41, 5.74) is 7.25. The number of nitrogens with one attached hydrogen (secondary N) is 2. The monoisotopic (exact) mass is 263 g/mol. The molecule has 3 rings (SSSR count). The number of rotatable bonds is 2. The lowest BCUT2D eigenvalue weighted by molar-refractivity contribution is -0.123. The normalized spacial score (nSPS) is 21.7. The number of hydrogen-bond acceptors (Lipinski definition) is 5. The summed E-state index contributed by atoms with van der Waals surface area (Å²) in [4.78, 5) is 11.7. The van der Waals surface area contributed by atoms with Crippen molar-refractivity contribution >= 4 is 17.3 Å². The molecule has 1 saturated heterocycles. The van der Waals surface area contributed by atoms with E-state index < -0.39 is 0 Å². The van der Waals surface area contributed by atoms with E-state index in [0.29, 0.717) is 36.1 Å². The minimum atomic E-state index is -0.237. The van der Waals surface area contributed by atoms with Crippen molar-refractivity contribution in [2.24, 2.45) is 0 Å². The number of piperidine rings is 1. The number of amides is 1. The molecule has 2 heterocycles. The maximum Gasteiger partial charge on any atom is 0.242 e. The van der Waals surface area contributed by atoms with Gasteiger partial charge >= 0.3 is 0 Å². The van der Waals surface area contributed by atoms with E-state index in [9.17, 15) is 4.79 Å². The number of fused-ring (bicyclic) bond motifs is 1. The van der Waals surface area contributed by atoms with E-state index >= 15 is 0 Å². The summed E-state index contributed by atoms with van der Waals surface area (Å²) in [7, 11) is 0. The van der Waals surface area contributed by atoms with Gasteiger partial charge in [0, 0.05) is 18.7 Å². The summed E-state index contributed by atoms with van der Waals surface area (Å²) >= 11 is 0. The molecule has 1 unspecified atom stereocenters. The molecule has 1 aromatic rings. The Balaban J connectivity index is 1.82. The Morgan fingerprint density at radius 1 is 1.26 bits per heavy atom. The molecule has 19 heavy (non-hydrogen) atoms. The molecule has 0 bridgehead atoms. The third-order valence-corrected chi connectivity index (χ3v) is 3.33. The molecule has 0 spiro atoms. The molecular formula is C13H17N3O3. The van der Waals surface area contributed by atoms with Crippen molar-refractivity contribution in [1.29, 1.82) is 0 Å². The Morgan fingerprint density at radius 3 is 2.74 bits per heavy atom. The Hall–Kier alpha value is -2.11. The number of nitrogens with two attached hydrogens (primary N) is 1. The maximum atomic E-state index is 11.7. The molecule has 2 aliphatic rings. The van der Waals surface area contributed by atoms with E-state index in [0.717, 1.165) is 19.4 Å². The van der Waals surface area contributed by atoms with E-state index in [-0.39, 0.29) is 11.9 Å². The van der Waals surface area contributed by atoms with Gasteiger partial charge in [0.2, 0.25) is 5.91 Å². The summed E-state index contributed by atoms with van der Waals surface area (Å²) < 4.78 is 11.0. The van der Waals surface area contributed by atoms with Crippen LogP contribution in [-0.2, 0) is 4.79 Å². The first-order chi connectivity index (χ1) is 9.24. The number of benzene rings is 1. The fourth-order valence-corrected chi connectivity index (χ4v) is 2.33. The van der Waals surface area contributed by atoms with Crippen LogP contribution in [0.1, 0.15) is 12.8 Å². The fourth-order valence-electron chi connectivity index (χ4n) is 2.33. The molecular weight excluding hydrogens is 246 g/mol. The zero-order valence-electron chi connectivity index (χ0n) is 10.6. The number of nitrogen functional groups attached to an aromatic ring is 1. The lowest BCUT2D eigenvalue weighted by Gasteiger charge is -2.26. The molecule has 1 amide bonds. The van der Waals surface area contributed by atoms with Gasteiger partial charge in [0.15, 0.2) is 11.5 Å². The molecule has 2 aliphatic heterocycles. The van der Waals surface area contributed by atoms with Crippen LogP contribution in [0.25, 0.3) is 0 Å². The highest BCUT2D eigenvalue weighted by atomic mass is 16.6. The van der Waals surface area contributed by atoms with E-state index in [1.54, 1.807) is 12.1 Å². The molecule has 0 radical (unpaired) electrons. The summed E-state index contributed by atoms with van der Waals surface area (Å²) in [6, 6.07) is 3.29. The standard InChI is InChI=1S/C13H17N3O3/c14-8-6-11-12(19-5-4-18-11)7-10(8)16-9-2-1-3-15-13(9)17/h6-7,9,16H,1-5,14H2,(H,15,17). The Bertz CT molecular complexity index is 504. The van der Waals surface area contributed by atoms with Crippen molar-refractivity contribution in [2.75, 3.05) is 30.8 Å². The second kappa shape index (κ2) is 4.87. The SMILES string of the molecule is Nc1cc2c(cc1NC1CCCNC1=O)OCCO2. The molecule has 102 valence electrons. The summed E-state index contributed by atoms with van der Waals surface area (Å²) in [6.45, 7) is 1.80. The van der Waals surface area contributed by atoms with Gasteiger partial charge < -0.3 is 25.8 Å². The van der Waals surface area contributed by atoms with Crippen LogP contribution < -0.4 is 25.8 Å². The first-order valence-corrected chi connectivity index (χ1v) is 6.47. The van der Waals surface area contributed by atoms with Crippen LogP contribution in [0.3, 0.4) is 0 Å². The van der Waals surface area contributed by atoms with Crippen LogP contribution in [0.5, 0.6) is 11.5 Å². The van der Waals surface area contributed by atoms with E-state index in [2.05, 4.69) is 10.6 Å². The van der Waals surface area contributed by atoms with Crippen LogP contribution >= 0.6 is 0 Å². The molecule has 1 atom stereocenters. The second-order valence-electron chi connectivity index (χ2n) is 4.71. The zero-order chi connectivity index (χ0) is 13.2. The fraction of sp³-hybridized carbons (Fsp3) is 0.462. The number of carbonyl (C=O) groups excluding carboxylic acids is 1. The van der Waals surface area contributed by atoms with Gasteiger partial charge in [0.1, 0.15) is 19.3 Å². The van der Waals surface area contributed by atoms with Gasteiger partial charge in [0.05, 0.1) is 11.4 Å². The van der Waals surface area contributed by atoms with E-state index in [4.69, 9.17) is 15.2 Å². The Kier molecular flexibility index (Phi) is 3.06. The van der Waals surface area contributed by atoms with Crippen LogP contribution in [0.4, 0.5) is 11.4 Å². The van der Waals surface area contributed by atoms with Crippen LogP contribution in [0.15, 0.2) is 12.1 Å². The maximum absolute atomic E-state index is 11.7. The second-order valence-corrected chi connectivity index (χ2v) is 4.71. The number of anilines is 2. The Morgan fingerprint density at radius 2 is 2.00 bits per heavy atom. The third kappa shape index (κ3) is 2.38. The topological polar surface area (TPSA) is 85.6 Å². The van der Waals surface area contributed by atoms with Crippen molar-refractivity contribution in [3.8, 4) is 11.5 Å². The lowest BCUT2D eigenvalue weighted by Crippen LogP contribution is -2.44. The van der Waals surface area contributed by atoms with Crippen molar-refractivity contribution < 1.29 is 14.3 Å². The predicted molar refractivity (Wildman–Crippen MR) is 71.5 cm³/mol. The largest absolute Gasteiger partial charge is 0.486 e. The van der Waals surface area contributed by atoms with Crippen molar-refractivity contribution in [3.05, 3.63) is 12.1 Å². The Labute approximate surface area is 111 Å². The highest BCUT2D eigenvalue weighted by Crippen LogP contribution is 2.37. The minimum Gasteiger partial charge on any atom is -0.486 e. The average molecular weight is 263 g/mol. The zero-order valence-corrected chi connectivity index (χ0v) is 10.6. The van der Waals surface area contributed by atoms with Crippen molar-refractivity contribution in [3.63, 3.8) is 0 Å². The molecule has 4 N–H and O–H groups in total. The van der Waals surface area contributed by atoms with Crippen molar-refractivity contribution in [1.82, 2.24) is 5.32 Å². The average Bonchev–Trinajstić information content (AvgIpc) is 2.42. The predicted octanol–water partition coefficient (Wildman–Crippen LogP) is 0.730. The van der Waals surface area contributed by atoms with Gasteiger partial charge in [-0.1, -0.05) is 0 Å². The minimum absolute atomic E-state index is 0.0144. The van der Waals surface area contributed by atoms with Gasteiger partial charge in [-0.05, 0) is 12.8 Å². The first kappa shape index (κ1) is 12.0. The van der Waals surface area contributed by atoms with Gasteiger partial charge in [0.25, 0.3) is 0 Å². The first-order valence-electron chi connectivity index (χ1n) is 6.47. The molecule has 0 aliphatic carbocycles. The highest BCUT2D eigenvalue weighted by Gasteiger charge is 2.23. The molecule has 1 aromatic carbocycles. The lowest BCUT2D eigenvalue weighted by atomic mass is 10.1. The molecule has 6 heteroatoms. The quantitative estimate of drug-likeness (QED) is 0.685. The van der Waals surface area contributed by atoms with Crippen molar-refractivity contribution in [2.45, 2.75) is 18.9 Å². The number of hydrogen-bond donors (Lipinski definition) is 3. The molecule has 0 saturated carbocycles. The summed E-state index contributed by atoms with van der Waals surface area (Å²) in [6.07, 6.45) is 1.77. The molecule has 0 aromatic heterocycles. The summed E-state index contributed by atoms with van der Waals surface area (Å²) in [5.74, 6) is 1.34. The van der Waals surface area contributed by atoms with E-state index in [1.807, 2.05) is 0 Å². The van der Waals surface area contributed by atoms with Gasteiger partial charge in [-0.25, -0.2) is 0 Å². The summed E-state index contributed by atoms with van der Waals surface area (Å²) in [5, 5.41) is 6.01. The van der Waals surface area contributed by atoms with Crippen LogP contribution in [0, 0.1) is 0 Å². The van der Waals surface area contributed by atoms with Crippen LogP contribution in [0.2, 0.25) is 0 Å². The van der Waals surface area contributed by atoms with E-state index in [1.165, 1.54) is 0 Å². The molecule has 6 nitrogen and oxygen atoms in total. The third-order valence-electron chi connectivity index (χ3n) is 3.33. The number of carbonyl (C=O) groups is 1. The number of ether oxygens (including phenoxy) is 2. The smallest absolute Gasteiger partial charge is 0.242 e. The van der Waals surface area contributed by atoms with Gasteiger partial charge in [-0.2, -0.15) is 0 Å². The van der Waals surface area contributed by atoms with Gasteiger partial charge in [-0.15, -0.1) is 0 Å². The van der Waals surface area contributed by atoms with Gasteiger partial charge in [-0.3, -0.25) is 4.79 Å². The van der Waals surface area contributed by atoms with Crippen LogP contribution in [-0.4, -0.2) is 31.7 Å². The molecule has 1 fully saturated rings. The highest BCUT2D eigenvalue weighted by molar-refractivity contribution is 5.87.